The molecule has 3 rings (SSSR count). The topological polar surface area (TPSA) is 91.1 Å². The number of H-pyrrole nitrogens is 1. The zero-order chi connectivity index (χ0) is 16.9. The van der Waals surface area contributed by atoms with Gasteiger partial charge < -0.3 is 20.1 Å². The van der Waals surface area contributed by atoms with Crippen LogP contribution in [0.5, 0.6) is 0 Å². The summed E-state index contributed by atoms with van der Waals surface area (Å²) >= 11 is 0. The Balaban J connectivity index is 0.00000225. The first kappa shape index (κ1) is 19.2. The van der Waals surface area contributed by atoms with Gasteiger partial charge in [-0.2, -0.15) is 4.98 Å². The summed E-state index contributed by atoms with van der Waals surface area (Å²) in [4.78, 5) is 11.8. The number of nitrogens with zero attached hydrogens (tertiary/aromatic N) is 3. The van der Waals surface area contributed by atoms with Crippen LogP contribution < -0.4 is 10.6 Å². The van der Waals surface area contributed by atoms with Gasteiger partial charge in [0.15, 0.2) is 11.8 Å². The average molecular weight is 454 g/mol. The molecular weight excluding hydrogens is 431 g/mol. The van der Waals surface area contributed by atoms with E-state index < -0.39 is 0 Å². The molecule has 0 aliphatic rings. The van der Waals surface area contributed by atoms with E-state index in [1.165, 1.54) is 22.2 Å². The van der Waals surface area contributed by atoms with Gasteiger partial charge in [-0.15, -0.1) is 24.0 Å². The van der Waals surface area contributed by atoms with Gasteiger partial charge in [0.05, 0.1) is 6.54 Å². The normalized spacial score (nSPS) is 11.4. The highest BCUT2D eigenvalue weighted by Crippen LogP contribution is 2.21. The Bertz CT molecular complexity index is 854. The van der Waals surface area contributed by atoms with E-state index in [2.05, 4.69) is 55.9 Å². The number of aromatic nitrogens is 3. The summed E-state index contributed by atoms with van der Waals surface area (Å²) in [7, 11) is 1.74. The van der Waals surface area contributed by atoms with Crippen molar-refractivity contribution in [1.29, 1.82) is 0 Å². The maximum absolute atomic E-state index is 4.95. The van der Waals surface area contributed by atoms with Gasteiger partial charge in [0.2, 0.25) is 5.89 Å². The molecule has 0 saturated carbocycles. The maximum atomic E-state index is 4.95. The molecule has 0 atom stereocenters. The van der Waals surface area contributed by atoms with Crippen LogP contribution in [0, 0.1) is 13.8 Å². The third-order valence-corrected chi connectivity index (χ3v) is 3.90. The number of hydrogen-bond donors (Lipinski definition) is 3. The van der Waals surface area contributed by atoms with Crippen molar-refractivity contribution < 1.29 is 4.52 Å². The van der Waals surface area contributed by atoms with Gasteiger partial charge in [-0.3, -0.25) is 4.99 Å². The highest BCUT2D eigenvalue weighted by Gasteiger charge is 2.08. The Morgan fingerprint density at radius 1 is 1.24 bits per heavy atom. The number of rotatable bonds is 5. The molecule has 2 heterocycles. The number of hydrogen-bond acceptors (Lipinski definition) is 4. The van der Waals surface area contributed by atoms with Crippen molar-refractivity contribution in [2.24, 2.45) is 4.99 Å². The number of aromatic amines is 1. The van der Waals surface area contributed by atoms with Gasteiger partial charge in [0.1, 0.15) is 0 Å². The number of halogens is 1. The van der Waals surface area contributed by atoms with Crippen LogP contribution in [0.25, 0.3) is 10.9 Å². The number of aryl methyl sites for hydroxylation is 2. The molecular formula is C17H23IN6O. The Morgan fingerprint density at radius 2 is 2.04 bits per heavy atom. The minimum absolute atomic E-state index is 0. The van der Waals surface area contributed by atoms with Crippen molar-refractivity contribution in [3.8, 4) is 0 Å². The smallest absolute Gasteiger partial charge is 0.223 e. The van der Waals surface area contributed by atoms with E-state index in [-0.39, 0.29) is 24.0 Å². The molecule has 0 saturated heterocycles. The molecule has 0 fully saturated rings. The molecule has 134 valence electrons. The SMILES string of the molecule is CN=C(NCCc1c(C)[nH]c2ccccc12)NCc1noc(C)n1.I. The predicted octanol–water partition coefficient (Wildman–Crippen LogP) is 2.69. The third kappa shape index (κ3) is 4.71. The highest BCUT2D eigenvalue weighted by molar-refractivity contribution is 14.0. The number of nitrogens with one attached hydrogen (secondary N) is 3. The van der Waals surface area contributed by atoms with E-state index in [1.807, 2.05) is 6.07 Å². The van der Waals surface area contributed by atoms with Crippen LogP contribution in [-0.4, -0.2) is 34.7 Å². The number of fused-ring (bicyclic) bond motifs is 1. The van der Waals surface area contributed by atoms with Crippen LogP contribution in [0.15, 0.2) is 33.8 Å². The Kier molecular flexibility index (Phi) is 6.80. The molecule has 0 radical (unpaired) electrons. The quantitative estimate of drug-likeness (QED) is 0.313. The van der Waals surface area contributed by atoms with Crippen molar-refractivity contribution in [1.82, 2.24) is 25.8 Å². The second-order valence-corrected chi connectivity index (χ2v) is 5.61. The Labute approximate surface area is 163 Å². The standard InChI is InChI=1S/C17H22N6O.HI/c1-11-13(14-6-4-5-7-15(14)21-11)8-9-19-17(18-3)20-10-16-22-12(2)24-23-16;/h4-7,21H,8-10H2,1-3H3,(H2,18,19,20);1H. The Morgan fingerprint density at radius 3 is 2.76 bits per heavy atom. The molecule has 0 aliphatic carbocycles. The van der Waals surface area contributed by atoms with Crippen LogP contribution in [0.4, 0.5) is 0 Å². The summed E-state index contributed by atoms with van der Waals surface area (Å²) in [5.74, 6) is 1.89. The van der Waals surface area contributed by atoms with Gasteiger partial charge in [0.25, 0.3) is 0 Å². The van der Waals surface area contributed by atoms with Crippen LogP contribution in [-0.2, 0) is 13.0 Å². The number of para-hydroxylation sites is 1. The summed E-state index contributed by atoms with van der Waals surface area (Å²) < 4.78 is 4.95. The maximum Gasteiger partial charge on any atom is 0.223 e. The molecule has 3 N–H and O–H groups in total. The third-order valence-electron chi connectivity index (χ3n) is 3.90. The van der Waals surface area contributed by atoms with Gasteiger partial charge in [0, 0.05) is 37.1 Å². The Hall–Kier alpha value is -2.10. The van der Waals surface area contributed by atoms with Gasteiger partial charge in [-0.1, -0.05) is 23.4 Å². The summed E-state index contributed by atoms with van der Waals surface area (Å²) in [6.45, 7) is 5.14. The van der Waals surface area contributed by atoms with Crippen molar-refractivity contribution in [2.75, 3.05) is 13.6 Å². The van der Waals surface area contributed by atoms with Gasteiger partial charge in [-0.25, -0.2) is 0 Å². The van der Waals surface area contributed by atoms with Crippen LogP contribution in [0.2, 0.25) is 0 Å². The van der Waals surface area contributed by atoms with Crippen molar-refractivity contribution >= 4 is 40.8 Å². The molecule has 0 amide bonds. The highest BCUT2D eigenvalue weighted by atomic mass is 127. The lowest BCUT2D eigenvalue weighted by Crippen LogP contribution is -2.38. The first-order valence-corrected chi connectivity index (χ1v) is 7.97. The van der Waals surface area contributed by atoms with E-state index in [0.29, 0.717) is 18.3 Å². The summed E-state index contributed by atoms with van der Waals surface area (Å²) in [6.07, 6.45) is 0.915. The van der Waals surface area contributed by atoms with Crippen molar-refractivity contribution in [3.63, 3.8) is 0 Å². The van der Waals surface area contributed by atoms with Crippen LogP contribution in [0.1, 0.15) is 23.0 Å². The lowest BCUT2D eigenvalue weighted by molar-refractivity contribution is 0.387. The first-order valence-electron chi connectivity index (χ1n) is 7.97. The fraction of sp³-hybridized carbons (Fsp3) is 0.353. The van der Waals surface area contributed by atoms with Gasteiger partial charge in [-0.05, 0) is 25.0 Å². The number of guanidine groups is 1. The zero-order valence-electron chi connectivity index (χ0n) is 14.6. The lowest BCUT2D eigenvalue weighted by atomic mass is 10.1. The van der Waals surface area contributed by atoms with E-state index >= 15 is 0 Å². The number of aliphatic imine (C=N–C) groups is 1. The molecule has 8 heteroatoms. The molecule has 25 heavy (non-hydrogen) atoms. The second-order valence-electron chi connectivity index (χ2n) is 5.61. The monoisotopic (exact) mass is 454 g/mol. The first-order chi connectivity index (χ1) is 11.7. The van der Waals surface area contributed by atoms with Crippen molar-refractivity contribution in [2.45, 2.75) is 26.8 Å². The van der Waals surface area contributed by atoms with Gasteiger partial charge >= 0.3 is 0 Å². The average Bonchev–Trinajstić information content (AvgIpc) is 3.14. The second kappa shape index (κ2) is 8.84. The minimum atomic E-state index is 0. The molecule has 0 aliphatic heterocycles. The molecule has 0 bridgehead atoms. The molecule has 2 aromatic heterocycles. The van der Waals surface area contributed by atoms with E-state index in [0.717, 1.165) is 18.9 Å². The van der Waals surface area contributed by atoms with Crippen LogP contribution in [0.3, 0.4) is 0 Å². The largest absolute Gasteiger partial charge is 0.358 e. The van der Waals surface area contributed by atoms with E-state index in [1.54, 1.807) is 14.0 Å². The summed E-state index contributed by atoms with van der Waals surface area (Å²) in [6, 6.07) is 8.37. The summed E-state index contributed by atoms with van der Waals surface area (Å²) in [5, 5.41) is 11.6. The van der Waals surface area contributed by atoms with E-state index in [4.69, 9.17) is 4.52 Å². The fourth-order valence-corrected chi connectivity index (χ4v) is 2.76. The van der Waals surface area contributed by atoms with Crippen molar-refractivity contribution in [3.05, 3.63) is 47.2 Å². The minimum Gasteiger partial charge on any atom is -0.358 e. The molecule has 0 unspecified atom stereocenters. The fourth-order valence-electron chi connectivity index (χ4n) is 2.76. The number of benzene rings is 1. The molecule has 3 aromatic rings. The van der Waals surface area contributed by atoms with E-state index in [9.17, 15) is 0 Å². The van der Waals surface area contributed by atoms with Crippen LogP contribution >= 0.6 is 24.0 Å². The predicted molar refractivity (Wildman–Crippen MR) is 109 cm³/mol. The molecule has 7 nitrogen and oxygen atoms in total. The molecule has 1 aromatic carbocycles. The zero-order valence-corrected chi connectivity index (χ0v) is 16.9. The summed E-state index contributed by atoms with van der Waals surface area (Å²) in [5.41, 5.74) is 3.73. The lowest BCUT2D eigenvalue weighted by Gasteiger charge is -2.10. The molecule has 0 spiro atoms.